The number of halogens is 1. The van der Waals surface area contributed by atoms with Gasteiger partial charge in [0, 0.05) is 28.7 Å². The molecule has 2 rings (SSSR count). The van der Waals surface area contributed by atoms with Crippen LogP contribution in [0.1, 0.15) is 44.0 Å². The number of hydrogen-bond acceptors (Lipinski definition) is 3. The lowest BCUT2D eigenvalue weighted by molar-refractivity contribution is 0.0618. The molecule has 1 saturated heterocycles. The van der Waals surface area contributed by atoms with Crippen molar-refractivity contribution >= 4 is 21.8 Å². The molecule has 0 bridgehead atoms. The number of rotatable bonds is 3. The van der Waals surface area contributed by atoms with Gasteiger partial charge in [0.15, 0.2) is 0 Å². The zero-order chi connectivity index (χ0) is 15.6. The average Bonchev–Trinajstić information content (AvgIpc) is 2.36. The van der Waals surface area contributed by atoms with Gasteiger partial charge in [-0.2, -0.15) is 0 Å². The van der Waals surface area contributed by atoms with Crippen LogP contribution in [0.2, 0.25) is 0 Å². The second kappa shape index (κ2) is 6.79. The SMILES string of the molecule is CC(C)Oc1cc(Br)cc(C(=O)N2CC[C@@H](N)C[C@H]2C)c1. The van der Waals surface area contributed by atoms with Crippen molar-refractivity contribution in [2.45, 2.75) is 51.8 Å². The van der Waals surface area contributed by atoms with Crippen LogP contribution in [-0.2, 0) is 0 Å². The zero-order valence-electron chi connectivity index (χ0n) is 12.8. The first-order chi connectivity index (χ1) is 9.86. The van der Waals surface area contributed by atoms with Crippen LogP contribution in [0.3, 0.4) is 0 Å². The van der Waals surface area contributed by atoms with E-state index in [-0.39, 0.29) is 24.1 Å². The van der Waals surface area contributed by atoms with Crippen LogP contribution in [0.5, 0.6) is 5.75 Å². The van der Waals surface area contributed by atoms with E-state index in [1.165, 1.54) is 0 Å². The first-order valence-electron chi connectivity index (χ1n) is 7.40. The van der Waals surface area contributed by atoms with Gasteiger partial charge in [0.25, 0.3) is 5.91 Å². The molecule has 1 aliphatic heterocycles. The fourth-order valence-electron chi connectivity index (χ4n) is 2.70. The van der Waals surface area contributed by atoms with Gasteiger partial charge in [0.05, 0.1) is 6.10 Å². The molecular weight excluding hydrogens is 332 g/mol. The van der Waals surface area contributed by atoms with E-state index in [2.05, 4.69) is 22.9 Å². The van der Waals surface area contributed by atoms with Crippen LogP contribution >= 0.6 is 15.9 Å². The second-order valence-electron chi connectivity index (χ2n) is 5.97. The Labute approximate surface area is 134 Å². The van der Waals surface area contributed by atoms with E-state index in [0.717, 1.165) is 17.3 Å². The molecule has 1 heterocycles. The van der Waals surface area contributed by atoms with Gasteiger partial charge in [-0.15, -0.1) is 0 Å². The lowest BCUT2D eigenvalue weighted by atomic mass is 9.98. The molecule has 116 valence electrons. The Hall–Kier alpha value is -1.07. The van der Waals surface area contributed by atoms with E-state index in [9.17, 15) is 4.79 Å². The minimum Gasteiger partial charge on any atom is -0.491 e. The third-order valence-electron chi connectivity index (χ3n) is 3.67. The summed E-state index contributed by atoms with van der Waals surface area (Å²) in [5.74, 6) is 0.758. The number of amides is 1. The molecule has 2 atom stereocenters. The molecular formula is C16H23BrN2O2. The Bertz CT molecular complexity index is 519. The molecule has 1 aliphatic rings. The minimum absolute atomic E-state index is 0.0457. The third-order valence-corrected chi connectivity index (χ3v) is 4.13. The Kier molecular flexibility index (Phi) is 5.27. The molecule has 0 aromatic heterocycles. The van der Waals surface area contributed by atoms with Crippen LogP contribution in [0, 0.1) is 0 Å². The summed E-state index contributed by atoms with van der Waals surface area (Å²) in [4.78, 5) is 14.6. The summed E-state index contributed by atoms with van der Waals surface area (Å²) < 4.78 is 6.55. The number of nitrogens with two attached hydrogens (primary N) is 1. The maximum atomic E-state index is 12.7. The molecule has 1 fully saturated rings. The summed E-state index contributed by atoms with van der Waals surface area (Å²) in [6, 6.07) is 5.92. The summed E-state index contributed by atoms with van der Waals surface area (Å²) in [5, 5.41) is 0. The summed E-state index contributed by atoms with van der Waals surface area (Å²) in [6.45, 7) is 6.71. The molecule has 0 aliphatic carbocycles. The number of nitrogens with zero attached hydrogens (tertiary/aromatic N) is 1. The third kappa shape index (κ3) is 4.20. The molecule has 0 radical (unpaired) electrons. The van der Waals surface area contributed by atoms with Crippen LogP contribution in [-0.4, -0.2) is 35.5 Å². The van der Waals surface area contributed by atoms with Gasteiger partial charge >= 0.3 is 0 Å². The van der Waals surface area contributed by atoms with E-state index < -0.39 is 0 Å². The number of benzene rings is 1. The summed E-state index contributed by atoms with van der Waals surface area (Å²) in [6.07, 6.45) is 1.79. The van der Waals surface area contributed by atoms with Crippen molar-refractivity contribution in [3.05, 3.63) is 28.2 Å². The summed E-state index contributed by atoms with van der Waals surface area (Å²) in [5.41, 5.74) is 6.62. The molecule has 0 unspecified atom stereocenters. The van der Waals surface area contributed by atoms with Crippen molar-refractivity contribution in [1.29, 1.82) is 0 Å². The Balaban J connectivity index is 2.20. The van der Waals surface area contributed by atoms with E-state index in [0.29, 0.717) is 17.9 Å². The van der Waals surface area contributed by atoms with Crippen molar-refractivity contribution in [2.24, 2.45) is 5.73 Å². The molecule has 21 heavy (non-hydrogen) atoms. The topological polar surface area (TPSA) is 55.6 Å². The lowest BCUT2D eigenvalue weighted by Crippen LogP contribution is -2.48. The molecule has 4 nitrogen and oxygen atoms in total. The first-order valence-corrected chi connectivity index (χ1v) is 8.20. The fraction of sp³-hybridized carbons (Fsp3) is 0.562. The van der Waals surface area contributed by atoms with Crippen molar-refractivity contribution < 1.29 is 9.53 Å². The van der Waals surface area contributed by atoms with Crippen molar-refractivity contribution in [3.63, 3.8) is 0 Å². The molecule has 0 spiro atoms. The van der Waals surface area contributed by atoms with Gasteiger partial charge in [0.2, 0.25) is 0 Å². The Morgan fingerprint density at radius 1 is 1.43 bits per heavy atom. The number of likely N-dealkylation sites (tertiary alicyclic amines) is 1. The summed E-state index contributed by atoms with van der Waals surface area (Å²) >= 11 is 3.45. The Morgan fingerprint density at radius 2 is 2.14 bits per heavy atom. The van der Waals surface area contributed by atoms with Gasteiger partial charge in [0.1, 0.15) is 5.75 Å². The van der Waals surface area contributed by atoms with Gasteiger partial charge in [-0.1, -0.05) is 15.9 Å². The fourth-order valence-corrected chi connectivity index (χ4v) is 3.17. The predicted octanol–water partition coefficient (Wildman–Crippen LogP) is 3.19. The maximum Gasteiger partial charge on any atom is 0.254 e. The van der Waals surface area contributed by atoms with Gasteiger partial charge in [-0.05, 0) is 51.8 Å². The number of piperidine rings is 1. The standard InChI is InChI=1S/C16H23BrN2O2/c1-10(2)21-15-8-12(7-13(17)9-15)16(20)19-5-4-14(18)6-11(19)3/h7-11,14H,4-6,18H2,1-3H3/t11-,14-/m1/s1. The highest BCUT2D eigenvalue weighted by Crippen LogP contribution is 2.25. The smallest absolute Gasteiger partial charge is 0.254 e. The maximum absolute atomic E-state index is 12.7. The highest BCUT2D eigenvalue weighted by atomic mass is 79.9. The lowest BCUT2D eigenvalue weighted by Gasteiger charge is -2.36. The molecule has 1 amide bonds. The highest BCUT2D eigenvalue weighted by molar-refractivity contribution is 9.10. The normalized spacial score (nSPS) is 22.5. The summed E-state index contributed by atoms with van der Waals surface area (Å²) in [7, 11) is 0. The zero-order valence-corrected chi connectivity index (χ0v) is 14.4. The highest BCUT2D eigenvalue weighted by Gasteiger charge is 2.28. The van der Waals surface area contributed by atoms with Crippen LogP contribution in [0.25, 0.3) is 0 Å². The van der Waals surface area contributed by atoms with Gasteiger partial charge in [-0.25, -0.2) is 0 Å². The molecule has 5 heteroatoms. The van der Waals surface area contributed by atoms with Crippen LogP contribution in [0.4, 0.5) is 0 Å². The predicted molar refractivity (Wildman–Crippen MR) is 87.6 cm³/mol. The van der Waals surface area contributed by atoms with Crippen molar-refractivity contribution in [3.8, 4) is 5.75 Å². The number of hydrogen-bond donors (Lipinski definition) is 1. The van der Waals surface area contributed by atoms with Gasteiger partial charge in [-0.3, -0.25) is 4.79 Å². The van der Waals surface area contributed by atoms with Crippen LogP contribution < -0.4 is 10.5 Å². The first kappa shape index (κ1) is 16.3. The molecule has 1 aromatic carbocycles. The minimum atomic E-state index is 0.0457. The largest absolute Gasteiger partial charge is 0.491 e. The Morgan fingerprint density at radius 3 is 2.76 bits per heavy atom. The van der Waals surface area contributed by atoms with Crippen molar-refractivity contribution in [1.82, 2.24) is 4.90 Å². The van der Waals surface area contributed by atoms with Gasteiger partial charge < -0.3 is 15.4 Å². The monoisotopic (exact) mass is 354 g/mol. The van der Waals surface area contributed by atoms with E-state index in [1.54, 1.807) is 0 Å². The number of carbonyl (C=O) groups excluding carboxylic acids is 1. The molecule has 2 N–H and O–H groups in total. The van der Waals surface area contributed by atoms with E-state index >= 15 is 0 Å². The van der Waals surface area contributed by atoms with E-state index in [1.807, 2.05) is 36.9 Å². The quantitative estimate of drug-likeness (QED) is 0.906. The molecule has 0 saturated carbocycles. The van der Waals surface area contributed by atoms with Crippen molar-refractivity contribution in [2.75, 3.05) is 6.54 Å². The second-order valence-corrected chi connectivity index (χ2v) is 6.89. The number of ether oxygens (including phenoxy) is 1. The molecule has 1 aromatic rings. The number of carbonyl (C=O) groups is 1. The van der Waals surface area contributed by atoms with E-state index in [4.69, 9.17) is 10.5 Å². The van der Waals surface area contributed by atoms with Crippen LogP contribution in [0.15, 0.2) is 22.7 Å². The average molecular weight is 355 g/mol.